The molecule has 0 saturated heterocycles. The van der Waals surface area contributed by atoms with Gasteiger partial charge in [0.1, 0.15) is 0 Å². The SMILES string of the molecule is [CH2]Cc1ccc2csccc1-2. The van der Waals surface area contributed by atoms with Gasteiger partial charge in [0.15, 0.2) is 0 Å². The highest BCUT2D eigenvalue weighted by atomic mass is 32.1. The smallest absolute Gasteiger partial charge is 0.00149 e. The number of hydrogen-bond donors (Lipinski definition) is 0. The summed E-state index contributed by atoms with van der Waals surface area (Å²) < 4.78 is 0. The van der Waals surface area contributed by atoms with Crippen molar-refractivity contribution in [1.82, 2.24) is 0 Å². The van der Waals surface area contributed by atoms with Crippen LogP contribution in [-0.4, -0.2) is 0 Å². The minimum absolute atomic E-state index is 0.887. The molecule has 0 spiro atoms. The maximum absolute atomic E-state index is 3.88. The summed E-state index contributed by atoms with van der Waals surface area (Å²) in [4.78, 5) is 0. The van der Waals surface area contributed by atoms with E-state index in [-0.39, 0.29) is 0 Å². The van der Waals surface area contributed by atoms with E-state index in [4.69, 9.17) is 0 Å². The molecular weight excluding hydrogens is 152 g/mol. The normalized spacial score (nSPS) is 10.6. The molecule has 0 aromatic rings. The van der Waals surface area contributed by atoms with Crippen molar-refractivity contribution in [3.8, 4) is 11.1 Å². The third-order valence-electron chi connectivity index (χ3n) is 1.90. The minimum Gasteiger partial charge on any atom is -0.152 e. The molecule has 0 amide bonds. The van der Waals surface area contributed by atoms with E-state index in [9.17, 15) is 0 Å². The molecule has 0 nitrogen and oxygen atoms in total. The quantitative estimate of drug-likeness (QED) is 0.602. The average Bonchev–Trinajstić information content (AvgIpc) is 2.47. The van der Waals surface area contributed by atoms with Crippen molar-refractivity contribution < 1.29 is 0 Å². The predicted octanol–water partition coefficient (Wildman–Crippen LogP) is 3.23. The molecule has 2 aliphatic rings. The molecular formula is C10H9S. The molecule has 0 aromatic carbocycles. The second-order valence-electron chi connectivity index (χ2n) is 2.53. The van der Waals surface area contributed by atoms with Crippen LogP contribution < -0.4 is 0 Å². The van der Waals surface area contributed by atoms with E-state index in [1.54, 1.807) is 11.3 Å². The van der Waals surface area contributed by atoms with Crippen molar-refractivity contribution in [1.29, 1.82) is 0 Å². The van der Waals surface area contributed by atoms with Crippen LogP contribution in [0, 0.1) is 6.92 Å². The minimum atomic E-state index is 0.887. The third-order valence-corrected chi connectivity index (χ3v) is 2.58. The van der Waals surface area contributed by atoms with E-state index >= 15 is 0 Å². The van der Waals surface area contributed by atoms with Gasteiger partial charge in [-0.05, 0) is 46.9 Å². The van der Waals surface area contributed by atoms with Crippen LogP contribution in [0.3, 0.4) is 0 Å². The van der Waals surface area contributed by atoms with Crippen LogP contribution in [0.25, 0.3) is 11.1 Å². The first-order valence-electron chi connectivity index (χ1n) is 3.65. The summed E-state index contributed by atoms with van der Waals surface area (Å²) in [6.07, 6.45) is 0.887. The molecule has 0 atom stereocenters. The van der Waals surface area contributed by atoms with Gasteiger partial charge in [0, 0.05) is 0 Å². The average molecular weight is 161 g/mol. The molecule has 0 saturated carbocycles. The lowest BCUT2D eigenvalue weighted by molar-refractivity contribution is 1.30. The highest BCUT2D eigenvalue weighted by molar-refractivity contribution is 7.07. The fourth-order valence-corrected chi connectivity index (χ4v) is 1.94. The molecule has 0 bridgehead atoms. The van der Waals surface area contributed by atoms with Crippen LogP contribution in [0.1, 0.15) is 5.56 Å². The topological polar surface area (TPSA) is 0 Å². The van der Waals surface area contributed by atoms with E-state index in [2.05, 4.69) is 35.9 Å². The Labute approximate surface area is 70.8 Å². The molecule has 0 N–H and O–H groups in total. The molecule has 0 fully saturated rings. The van der Waals surface area contributed by atoms with E-state index in [1.165, 1.54) is 16.7 Å². The van der Waals surface area contributed by atoms with Crippen molar-refractivity contribution in [3.63, 3.8) is 0 Å². The highest BCUT2D eigenvalue weighted by Gasteiger charge is 2.05. The Bertz CT molecular complexity index is 322. The van der Waals surface area contributed by atoms with Crippen LogP contribution in [0.2, 0.25) is 0 Å². The molecule has 2 rings (SSSR count). The van der Waals surface area contributed by atoms with Crippen LogP contribution in [0.5, 0.6) is 0 Å². The van der Waals surface area contributed by atoms with Gasteiger partial charge >= 0.3 is 0 Å². The second kappa shape index (κ2) is 2.67. The van der Waals surface area contributed by atoms with Crippen LogP contribution in [-0.2, 0) is 6.42 Å². The van der Waals surface area contributed by atoms with Gasteiger partial charge in [-0.25, -0.2) is 0 Å². The van der Waals surface area contributed by atoms with Gasteiger partial charge in [-0.2, -0.15) is 11.3 Å². The summed E-state index contributed by atoms with van der Waals surface area (Å²) in [6.45, 7) is 3.88. The third kappa shape index (κ3) is 1.05. The Balaban J connectivity index is 2.64. The van der Waals surface area contributed by atoms with Gasteiger partial charge in [0.2, 0.25) is 0 Å². The Morgan fingerprint density at radius 3 is 3.00 bits per heavy atom. The van der Waals surface area contributed by atoms with Crippen molar-refractivity contribution in [2.24, 2.45) is 0 Å². The van der Waals surface area contributed by atoms with E-state index in [0.717, 1.165) is 6.42 Å². The van der Waals surface area contributed by atoms with Crippen molar-refractivity contribution in [2.45, 2.75) is 6.42 Å². The van der Waals surface area contributed by atoms with Gasteiger partial charge in [-0.1, -0.05) is 12.1 Å². The number of fused-ring (bicyclic) bond motifs is 1. The fraction of sp³-hybridized carbons (Fsp3) is 0.100. The van der Waals surface area contributed by atoms with Crippen molar-refractivity contribution >= 4 is 11.3 Å². The van der Waals surface area contributed by atoms with Gasteiger partial charge in [0.25, 0.3) is 0 Å². The Kier molecular flexibility index (Phi) is 1.66. The molecule has 1 heterocycles. The van der Waals surface area contributed by atoms with Gasteiger partial charge in [-0.3, -0.25) is 0 Å². The molecule has 1 aliphatic heterocycles. The first-order chi connectivity index (χ1) is 5.42. The van der Waals surface area contributed by atoms with E-state index in [0.29, 0.717) is 0 Å². The maximum Gasteiger partial charge on any atom is -0.00149 e. The Morgan fingerprint density at radius 2 is 2.18 bits per heavy atom. The zero-order valence-corrected chi connectivity index (χ0v) is 7.03. The Hall–Kier alpha value is -0.820. The highest BCUT2D eigenvalue weighted by Crippen LogP contribution is 2.28. The number of rotatable bonds is 1. The molecule has 1 radical (unpaired) electrons. The monoisotopic (exact) mass is 161 g/mol. The van der Waals surface area contributed by atoms with E-state index < -0.39 is 0 Å². The Morgan fingerprint density at radius 1 is 1.27 bits per heavy atom. The molecule has 0 unspecified atom stereocenters. The predicted molar refractivity (Wildman–Crippen MR) is 50.0 cm³/mol. The van der Waals surface area contributed by atoms with Crippen molar-refractivity contribution in [2.75, 3.05) is 0 Å². The lowest BCUT2D eigenvalue weighted by Crippen LogP contribution is -1.77. The fourth-order valence-electron chi connectivity index (χ4n) is 1.30. The van der Waals surface area contributed by atoms with Gasteiger partial charge < -0.3 is 0 Å². The summed E-state index contributed by atoms with van der Waals surface area (Å²) in [5.74, 6) is 0. The zero-order chi connectivity index (χ0) is 7.68. The summed E-state index contributed by atoms with van der Waals surface area (Å²) >= 11 is 1.74. The zero-order valence-electron chi connectivity index (χ0n) is 6.21. The van der Waals surface area contributed by atoms with Crippen molar-refractivity contribution in [3.05, 3.63) is 41.4 Å². The van der Waals surface area contributed by atoms with Gasteiger partial charge in [0.05, 0.1) is 0 Å². The maximum atomic E-state index is 3.88. The standard InChI is InChI=1S/C10H9S/c1-2-8-3-4-9-7-11-6-5-10(8)9/h3-7H,1-2H2. The lowest BCUT2D eigenvalue weighted by Gasteiger charge is -1.98. The first kappa shape index (κ1) is 6.86. The number of hydrogen-bond acceptors (Lipinski definition) is 1. The largest absolute Gasteiger partial charge is 0.152 e. The summed E-state index contributed by atoms with van der Waals surface area (Å²) in [5, 5.41) is 4.29. The van der Waals surface area contributed by atoms with E-state index in [1.807, 2.05) is 0 Å². The van der Waals surface area contributed by atoms with Crippen LogP contribution in [0.4, 0.5) is 0 Å². The lowest BCUT2D eigenvalue weighted by atomic mass is 10.1. The molecule has 0 aromatic heterocycles. The summed E-state index contributed by atoms with van der Waals surface area (Å²) in [5.41, 5.74) is 4.06. The molecule has 1 heteroatoms. The van der Waals surface area contributed by atoms with Crippen LogP contribution >= 0.6 is 11.3 Å². The second-order valence-corrected chi connectivity index (χ2v) is 3.31. The first-order valence-corrected chi connectivity index (χ1v) is 4.59. The summed E-state index contributed by atoms with van der Waals surface area (Å²) in [7, 11) is 0. The summed E-state index contributed by atoms with van der Waals surface area (Å²) in [6, 6.07) is 6.48. The molecule has 1 aliphatic carbocycles. The van der Waals surface area contributed by atoms with Crippen LogP contribution in [0.15, 0.2) is 29.0 Å². The molecule has 11 heavy (non-hydrogen) atoms. The molecule has 55 valence electrons. The van der Waals surface area contributed by atoms with Gasteiger partial charge in [-0.15, -0.1) is 0 Å².